The van der Waals surface area contributed by atoms with Crippen molar-refractivity contribution in [1.29, 1.82) is 0 Å². The van der Waals surface area contributed by atoms with Crippen molar-refractivity contribution < 1.29 is 22.7 Å². The van der Waals surface area contributed by atoms with E-state index in [0.717, 1.165) is 27.1 Å². The van der Waals surface area contributed by atoms with Gasteiger partial charge < -0.3 is 9.64 Å². The van der Waals surface area contributed by atoms with Gasteiger partial charge in [-0.25, -0.2) is 9.89 Å². The van der Waals surface area contributed by atoms with Crippen molar-refractivity contribution in [2.45, 2.75) is 50.9 Å². The van der Waals surface area contributed by atoms with Crippen LogP contribution in [0.15, 0.2) is 59.4 Å². The Hall–Kier alpha value is -4.15. The highest BCUT2D eigenvalue weighted by Crippen LogP contribution is 2.40. The van der Waals surface area contributed by atoms with Gasteiger partial charge in [0.2, 0.25) is 0 Å². The average molecular weight is 512 g/mol. The molecule has 1 saturated carbocycles. The first-order valence-corrected chi connectivity index (χ1v) is 11.8. The number of nitrogens with one attached hydrogen (secondary N) is 2. The van der Waals surface area contributed by atoms with Crippen LogP contribution in [0, 0.1) is 6.92 Å². The van der Waals surface area contributed by atoms with Crippen LogP contribution in [0.3, 0.4) is 0 Å². The second-order valence-corrected chi connectivity index (χ2v) is 9.06. The van der Waals surface area contributed by atoms with Gasteiger partial charge in [0.05, 0.1) is 5.52 Å². The third-order valence-electron chi connectivity index (χ3n) is 6.58. The van der Waals surface area contributed by atoms with Crippen molar-refractivity contribution >= 4 is 22.5 Å². The molecule has 1 aliphatic carbocycles. The zero-order chi connectivity index (χ0) is 26.2. The molecule has 2 N–H and O–H groups in total. The largest absolute Gasteiger partial charge is 0.489 e. The minimum Gasteiger partial charge on any atom is -0.489 e. The van der Waals surface area contributed by atoms with Gasteiger partial charge >= 0.3 is 17.8 Å². The zero-order valence-electron chi connectivity index (χ0n) is 19.9. The molecule has 2 unspecified atom stereocenters. The van der Waals surface area contributed by atoms with Crippen LogP contribution in [0.5, 0.6) is 5.75 Å². The topological polar surface area (TPSA) is 104 Å². The van der Waals surface area contributed by atoms with Crippen molar-refractivity contribution in [3.8, 4) is 5.75 Å². The highest BCUT2D eigenvalue weighted by atomic mass is 19.4. The molecular weight excluding hydrogens is 487 g/mol. The van der Waals surface area contributed by atoms with E-state index < -0.39 is 29.7 Å². The molecule has 0 saturated heterocycles. The smallest absolute Gasteiger partial charge is 0.471 e. The summed E-state index contributed by atoms with van der Waals surface area (Å²) in [7, 11) is 0. The maximum Gasteiger partial charge on any atom is 0.471 e. The number of ether oxygens (including phenoxy) is 1. The summed E-state index contributed by atoms with van der Waals surface area (Å²) >= 11 is 0. The number of alkyl halides is 3. The van der Waals surface area contributed by atoms with Gasteiger partial charge in [0.25, 0.3) is 0 Å². The van der Waals surface area contributed by atoms with Gasteiger partial charge in [0.15, 0.2) is 0 Å². The molecule has 2 aromatic carbocycles. The number of para-hydroxylation sites is 1. The number of halogens is 3. The molecule has 0 radical (unpaired) electrons. The summed E-state index contributed by atoms with van der Waals surface area (Å²) < 4.78 is 46.8. The van der Waals surface area contributed by atoms with Crippen LogP contribution in [0.1, 0.15) is 42.3 Å². The number of carbonyl (C=O) groups excluding carboxylic acids is 1. The van der Waals surface area contributed by atoms with E-state index in [2.05, 4.69) is 20.2 Å². The molecule has 0 aliphatic heterocycles. The standard InChI is InChI=1S/C26H24F3N5O3/c1-15-13-16(19-5-2-3-7-21(19)30-15)14-37-18-11-9-17(10-12-18)34(24(35)26(27,28)29)22-8-4-6-20(22)23-31-25(36)33-32-23/h2-3,5,7,9-13,20,22H,4,6,8,14H2,1H3,(H2,31,32,33,36). The first-order chi connectivity index (χ1) is 17.7. The highest BCUT2D eigenvalue weighted by Gasteiger charge is 2.48. The van der Waals surface area contributed by atoms with Gasteiger partial charge in [-0.2, -0.15) is 18.3 Å². The van der Waals surface area contributed by atoms with Crippen LogP contribution in [0.25, 0.3) is 10.9 Å². The molecule has 1 fully saturated rings. The number of H-pyrrole nitrogens is 2. The van der Waals surface area contributed by atoms with Gasteiger partial charge in [-0.3, -0.25) is 14.8 Å². The summed E-state index contributed by atoms with van der Waals surface area (Å²) in [5.41, 5.74) is 2.17. The number of carbonyl (C=O) groups is 1. The average Bonchev–Trinajstić information content (AvgIpc) is 3.52. The number of aromatic amines is 2. The Bertz CT molecular complexity index is 1480. The van der Waals surface area contributed by atoms with E-state index in [1.807, 2.05) is 37.3 Å². The van der Waals surface area contributed by atoms with E-state index in [0.29, 0.717) is 25.0 Å². The van der Waals surface area contributed by atoms with E-state index in [4.69, 9.17) is 4.74 Å². The maximum absolute atomic E-state index is 13.6. The second-order valence-electron chi connectivity index (χ2n) is 9.06. The highest BCUT2D eigenvalue weighted by molar-refractivity contribution is 5.98. The predicted molar refractivity (Wildman–Crippen MR) is 130 cm³/mol. The minimum absolute atomic E-state index is 0.0923. The summed E-state index contributed by atoms with van der Waals surface area (Å²) in [5.74, 6) is -1.81. The number of hydrogen-bond acceptors (Lipinski definition) is 5. The number of aromatic nitrogens is 4. The summed E-state index contributed by atoms with van der Waals surface area (Å²) in [6.07, 6.45) is -3.64. The number of rotatable bonds is 6. The molecule has 1 amide bonds. The fourth-order valence-corrected chi connectivity index (χ4v) is 5.00. The van der Waals surface area contributed by atoms with Crippen LogP contribution in [-0.2, 0) is 11.4 Å². The predicted octanol–water partition coefficient (Wildman–Crippen LogP) is 4.77. The molecule has 8 nitrogen and oxygen atoms in total. The molecule has 4 aromatic rings. The number of hydrogen-bond donors (Lipinski definition) is 2. The van der Waals surface area contributed by atoms with E-state index in [9.17, 15) is 22.8 Å². The molecule has 37 heavy (non-hydrogen) atoms. The number of fused-ring (bicyclic) bond motifs is 1. The number of anilines is 1. The quantitative estimate of drug-likeness (QED) is 0.388. The summed E-state index contributed by atoms with van der Waals surface area (Å²) in [4.78, 5) is 31.9. The Morgan fingerprint density at radius 1 is 1.14 bits per heavy atom. The lowest BCUT2D eigenvalue weighted by Crippen LogP contribution is -2.48. The van der Waals surface area contributed by atoms with Gasteiger partial charge in [0, 0.05) is 34.3 Å². The van der Waals surface area contributed by atoms with E-state index in [1.54, 1.807) is 12.1 Å². The molecule has 5 rings (SSSR count). The monoisotopic (exact) mass is 511 g/mol. The lowest BCUT2D eigenvalue weighted by Gasteiger charge is -2.33. The molecular formula is C26H24F3N5O3. The molecule has 11 heteroatoms. The maximum atomic E-state index is 13.6. The third-order valence-corrected chi connectivity index (χ3v) is 6.58. The number of pyridine rings is 1. The first kappa shape index (κ1) is 24.5. The molecule has 192 valence electrons. The normalized spacial score (nSPS) is 17.7. The third kappa shape index (κ3) is 5.07. The SMILES string of the molecule is Cc1cc(COc2ccc(N(C(=O)C(F)(F)F)C3CCCC3c3n[nH]c(=O)[nH]3)cc2)c2ccccc2n1. The van der Waals surface area contributed by atoms with Crippen LogP contribution in [-0.4, -0.2) is 38.3 Å². The Labute approximate surface area is 209 Å². The lowest BCUT2D eigenvalue weighted by molar-refractivity contribution is -0.171. The minimum atomic E-state index is -5.07. The fraction of sp³-hybridized carbons (Fsp3) is 0.308. The molecule has 2 aromatic heterocycles. The van der Waals surface area contributed by atoms with Crippen LogP contribution < -0.4 is 15.3 Å². The van der Waals surface area contributed by atoms with E-state index in [-0.39, 0.29) is 18.1 Å². The fourth-order valence-electron chi connectivity index (χ4n) is 5.00. The van der Waals surface area contributed by atoms with Crippen molar-refractivity contribution in [3.63, 3.8) is 0 Å². The van der Waals surface area contributed by atoms with Crippen LogP contribution in [0.2, 0.25) is 0 Å². The van der Waals surface area contributed by atoms with Gasteiger partial charge in [-0.1, -0.05) is 24.6 Å². The van der Waals surface area contributed by atoms with E-state index >= 15 is 0 Å². The molecule has 2 heterocycles. The van der Waals surface area contributed by atoms with Gasteiger partial charge in [-0.05, 0) is 56.2 Å². The molecule has 0 bridgehead atoms. The zero-order valence-corrected chi connectivity index (χ0v) is 19.9. The second kappa shape index (κ2) is 9.72. The Kier molecular flexibility index (Phi) is 6.45. The Balaban J connectivity index is 1.40. The Morgan fingerprint density at radius 2 is 1.89 bits per heavy atom. The number of benzene rings is 2. The molecule has 1 aliphatic rings. The summed E-state index contributed by atoms with van der Waals surface area (Å²) in [6.45, 7) is 2.14. The Morgan fingerprint density at radius 3 is 2.59 bits per heavy atom. The van der Waals surface area contributed by atoms with Crippen molar-refractivity contribution in [2.75, 3.05) is 4.90 Å². The molecule has 0 spiro atoms. The summed E-state index contributed by atoms with van der Waals surface area (Å²) in [6, 6.07) is 14.8. The number of aryl methyl sites for hydroxylation is 1. The number of nitrogens with zero attached hydrogens (tertiary/aromatic N) is 3. The van der Waals surface area contributed by atoms with Crippen LogP contribution in [0.4, 0.5) is 18.9 Å². The van der Waals surface area contributed by atoms with Crippen molar-refractivity contribution in [3.05, 3.63) is 82.2 Å². The summed E-state index contributed by atoms with van der Waals surface area (Å²) in [5, 5.41) is 7.10. The van der Waals surface area contributed by atoms with Crippen molar-refractivity contribution in [1.82, 2.24) is 20.2 Å². The first-order valence-electron chi connectivity index (χ1n) is 11.8. The molecule has 2 atom stereocenters. The van der Waals surface area contributed by atoms with Gasteiger partial charge in [-0.15, -0.1) is 0 Å². The lowest BCUT2D eigenvalue weighted by atomic mass is 10.00. The van der Waals surface area contributed by atoms with Crippen LogP contribution >= 0.6 is 0 Å². The van der Waals surface area contributed by atoms with Gasteiger partial charge in [0.1, 0.15) is 18.2 Å². The number of amides is 1. The van der Waals surface area contributed by atoms with E-state index in [1.165, 1.54) is 12.1 Å². The van der Waals surface area contributed by atoms with Crippen molar-refractivity contribution in [2.24, 2.45) is 0 Å².